The van der Waals surface area contributed by atoms with Gasteiger partial charge in [-0.3, -0.25) is 0 Å². The van der Waals surface area contributed by atoms with E-state index >= 15 is 0 Å². The van der Waals surface area contributed by atoms with Crippen LogP contribution in [0.1, 0.15) is 34.6 Å². The lowest BCUT2D eigenvalue weighted by Crippen LogP contribution is -2.48. The van der Waals surface area contributed by atoms with Crippen LogP contribution < -0.4 is 24.4 Å². The van der Waals surface area contributed by atoms with Crippen LogP contribution in [0.3, 0.4) is 0 Å². The molecular formula is C23H20BF4IO10. The van der Waals surface area contributed by atoms with E-state index in [-0.39, 0.29) is 45.0 Å². The molecule has 3 aliphatic heterocycles. The van der Waals surface area contributed by atoms with E-state index in [0.29, 0.717) is 16.8 Å². The Morgan fingerprint density at radius 3 is 1.77 bits per heavy atom. The molecule has 0 spiro atoms. The van der Waals surface area contributed by atoms with E-state index in [1.807, 2.05) is 13.8 Å². The van der Waals surface area contributed by atoms with Crippen molar-refractivity contribution in [1.82, 2.24) is 0 Å². The first-order chi connectivity index (χ1) is 18.1. The van der Waals surface area contributed by atoms with Crippen molar-refractivity contribution in [2.24, 2.45) is 5.41 Å². The number of rotatable bonds is 3. The summed E-state index contributed by atoms with van der Waals surface area (Å²) in [5.41, 5.74) is 0.142. The molecule has 0 unspecified atom stereocenters. The zero-order valence-electron chi connectivity index (χ0n) is 20.8. The van der Waals surface area contributed by atoms with Crippen LogP contribution in [0.4, 0.5) is 17.6 Å². The second kappa shape index (κ2) is 10.5. The van der Waals surface area contributed by atoms with Crippen LogP contribution in [-0.2, 0) is 18.8 Å². The monoisotopic (exact) mass is 670 g/mol. The van der Waals surface area contributed by atoms with Gasteiger partial charge in [0.15, 0.2) is 23.0 Å². The molecule has 3 aliphatic rings. The zero-order valence-corrected chi connectivity index (χ0v) is 22.9. The van der Waals surface area contributed by atoms with Crippen molar-refractivity contribution in [3.63, 3.8) is 0 Å². The minimum absolute atomic E-state index is 0.0413. The van der Waals surface area contributed by atoms with Crippen LogP contribution in [0, 0.1) is 8.99 Å². The largest absolute Gasteiger partial charge is 0.586 e. The molecular weight excluding hydrogens is 650 g/mol. The van der Waals surface area contributed by atoms with Gasteiger partial charge < -0.3 is 37.7 Å². The zero-order chi connectivity index (χ0) is 28.8. The average Bonchev–Trinajstić information content (AvgIpc) is 3.36. The first-order valence-corrected chi connectivity index (χ1v) is 12.1. The van der Waals surface area contributed by atoms with Crippen molar-refractivity contribution < 1.29 is 64.9 Å². The van der Waals surface area contributed by atoms with Crippen LogP contribution in [0.25, 0.3) is 0 Å². The Morgan fingerprint density at radius 2 is 1.26 bits per heavy atom. The maximum atomic E-state index is 13.4. The predicted octanol–water partition coefficient (Wildman–Crippen LogP) is 3.96. The molecule has 2 aromatic rings. The molecule has 0 aromatic heterocycles. The third-order valence-corrected chi connectivity index (χ3v) is 6.14. The van der Waals surface area contributed by atoms with Gasteiger partial charge in [0.1, 0.15) is 0 Å². The van der Waals surface area contributed by atoms with Crippen molar-refractivity contribution >= 4 is 47.1 Å². The van der Waals surface area contributed by atoms with Crippen LogP contribution in [0.5, 0.6) is 23.0 Å². The SMILES string of the molecule is COC(=O)c1cc(I)c2c(c1)OC(F)(F)O2.COC(=O)c1cc2c(c(B3OCC(C)(C)CO3)c1)OC(F)(F)O2. The van der Waals surface area contributed by atoms with E-state index in [1.54, 1.807) is 22.6 Å². The Bertz CT molecular complexity index is 1300. The fourth-order valence-corrected chi connectivity index (χ4v) is 4.32. The second-order valence-corrected chi connectivity index (χ2v) is 10.3. The lowest BCUT2D eigenvalue weighted by Gasteiger charge is -2.33. The minimum Gasteiger partial charge on any atom is -0.465 e. The fraction of sp³-hybridized carbons (Fsp3) is 0.391. The Kier molecular flexibility index (Phi) is 7.84. The molecule has 2 aromatic carbocycles. The molecule has 16 heteroatoms. The van der Waals surface area contributed by atoms with Crippen molar-refractivity contribution in [1.29, 1.82) is 0 Å². The number of alkyl halides is 4. The summed E-state index contributed by atoms with van der Waals surface area (Å²) in [6.45, 7) is 4.64. The summed E-state index contributed by atoms with van der Waals surface area (Å²) < 4.78 is 90.4. The van der Waals surface area contributed by atoms with Gasteiger partial charge in [-0.2, -0.15) is 0 Å². The summed E-state index contributed by atoms with van der Waals surface area (Å²) in [5, 5.41) is 0. The Labute approximate surface area is 233 Å². The molecule has 0 N–H and O–H groups in total. The Hall–Kier alpha value is -2.99. The fourth-order valence-electron chi connectivity index (χ4n) is 3.61. The van der Waals surface area contributed by atoms with E-state index in [4.69, 9.17) is 9.31 Å². The number of hydrogen-bond donors (Lipinski definition) is 0. The van der Waals surface area contributed by atoms with E-state index in [9.17, 15) is 27.2 Å². The molecule has 0 saturated carbocycles. The molecule has 0 atom stereocenters. The van der Waals surface area contributed by atoms with Gasteiger partial charge in [0.25, 0.3) is 0 Å². The minimum atomic E-state index is -3.81. The number of carbonyl (C=O) groups excluding carboxylic acids is 2. The molecule has 5 rings (SSSR count). The summed E-state index contributed by atoms with van der Waals surface area (Å²) in [6.07, 6.45) is -7.49. The van der Waals surface area contributed by atoms with Gasteiger partial charge in [0, 0.05) is 24.1 Å². The van der Waals surface area contributed by atoms with Gasteiger partial charge in [-0.05, 0) is 46.9 Å². The molecule has 0 aliphatic carbocycles. The van der Waals surface area contributed by atoms with E-state index < -0.39 is 31.6 Å². The summed E-state index contributed by atoms with van der Waals surface area (Å²) in [5.74, 6) is -2.02. The van der Waals surface area contributed by atoms with Gasteiger partial charge in [-0.25, -0.2) is 9.59 Å². The molecule has 3 heterocycles. The van der Waals surface area contributed by atoms with Crippen molar-refractivity contribution in [2.75, 3.05) is 27.4 Å². The first kappa shape index (κ1) is 29.0. The number of carbonyl (C=O) groups is 2. The number of ether oxygens (including phenoxy) is 6. The van der Waals surface area contributed by atoms with Gasteiger partial charge in [0.05, 0.1) is 28.9 Å². The lowest BCUT2D eigenvalue weighted by molar-refractivity contribution is -0.287. The number of methoxy groups -OCH3 is 2. The van der Waals surface area contributed by atoms with Crippen LogP contribution >= 0.6 is 22.6 Å². The molecule has 210 valence electrons. The topological polar surface area (TPSA) is 108 Å². The van der Waals surface area contributed by atoms with Gasteiger partial charge >= 0.3 is 31.6 Å². The van der Waals surface area contributed by atoms with Crippen molar-refractivity contribution in [3.05, 3.63) is 39.0 Å². The highest BCUT2D eigenvalue weighted by atomic mass is 127. The highest BCUT2D eigenvalue weighted by Crippen LogP contribution is 2.44. The standard InChI is InChI=1S/C14H15BF2O6.C9H5F2IO4/c1-13(2)6-20-15(21-7-13)9-4-8(12(18)19-3)5-10-11(9)23-14(16,17)22-10;1-14-8(13)4-2-5(12)7-6(3-4)15-9(10,11)16-7/h4-5H,6-7H2,1-3H3;2-3H,1H3. The van der Waals surface area contributed by atoms with Crippen LogP contribution in [0.2, 0.25) is 0 Å². The second-order valence-electron chi connectivity index (χ2n) is 9.11. The number of fused-ring (bicyclic) bond motifs is 2. The summed E-state index contributed by atoms with van der Waals surface area (Å²) in [4.78, 5) is 22.9. The molecule has 0 amide bonds. The highest BCUT2D eigenvalue weighted by Gasteiger charge is 2.48. The quantitative estimate of drug-likeness (QED) is 0.206. The normalized spacial score (nSPS) is 19.1. The maximum Gasteiger partial charge on any atom is 0.586 e. The molecule has 1 fully saturated rings. The number of halogens is 5. The number of hydrogen-bond acceptors (Lipinski definition) is 10. The van der Waals surface area contributed by atoms with E-state index in [0.717, 1.165) is 12.1 Å². The highest BCUT2D eigenvalue weighted by molar-refractivity contribution is 14.1. The van der Waals surface area contributed by atoms with Gasteiger partial charge in [-0.15, -0.1) is 17.6 Å². The van der Waals surface area contributed by atoms with Crippen molar-refractivity contribution in [3.8, 4) is 23.0 Å². The van der Waals surface area contributed by atoms with Gasteiger partial charge in [0.2, 0.25) is 0 Å². The first-order valence-electron chi connectivity index (χ1n) is 11.1. The van der Waals surface area contributed by atoms with E-state index in [2.05, 4.69) is 28.4 Å². The van der Waals surface area contributed by atoms with Crippen molar-refractivity contribution in [2.45, 2.75) is 26.4 Å². The molecule has 0 radical (unpaired) electrons. The molecule has 39 heavy (non-hydrogen) atoms. The number of esters is 2. The lowest BCUT2D eigenvalue weighted by atomic mass is 9.74. The number of benzene rings is 2. The summed E-state index contributed by atoms with van der Waals surface area (Å²) in [6, 6.07) is 5.02. The Morgan fingerprint density at radius 1 is 0.795 bits per heavy atom. The third-order valence-electron chi connectivity index (χ3n) is 5.34. The molecule has 0 bridgehead atoms. The maximum absolute atomic E-state index is 13.4. The van der Waals surface area contributed by atoms with E-state index in [1.165, 1.54) is 26.4 Å². The van der Waals surface area contributed by atoms with Crippen LogP contribution in [-0.4, -0.2) is 59.1 Å². The summed E-state index contributed by atoms with van der Waals surface area (Å²) >= 11 is 1.77. The third kappa shape index (κ3) is 6.43. The predicted molar refractivity (Wildman–Crippen MR) is 132 cm³/mol. The molecule has 1 saturated heterocycles. The Balaban J connectivity index is 0.000000193. The molecule has 10 nitrogen and oxygen atoms in total. The van der Waals surface area contributed by atoms with Gasteiger partial charge in [-0.1, -0.05) is 13.8 Å². The summed E-state index contributed by atoms with van der Waals surface area (Å²) in [7, 11) is 1.46. The smallest absolute Gasteiger partial charge is 0.465 e. The van der Waals surface area contributed by atoms with Crippen LogP contribution in [0.15, 0.2) is 24.3 Å². The average molecular weight is 670 g/mol.